The van der Waals surface area contributed by atoms with Gasteiger partial charge in [0.1, 0.15) is 11.1 Å². The summed E-state index contributed by atoms with van der Waals surface area (Å²) >= 11 is 1.30. The van der Waals surface area contributed by atoms with Gasteiger partial charge in [0.2, 0.25) is 5.91 Å². The summed E-state index contributed by atoms with van der Waals surface area (Å²) in [5.41, 5.74) is 3.63. The minimum Gasteiger partial charge on any atom is -0.355 e. The van der Waals surface area contributed by atoms with Gasteiger partial charge in [-0.1, -0.05) is 60.3 Å². The van der Waals surface area contributed by atoms with Crippen LogP contribution >= 0.6 is 11.8 Å². The van der Waals surface area contributed by atoms with Gasteiger partial charge in [0.15, 0.2) is 0 Å². The summed E-state index contributed by atoms with van der Waals surface area (Å²) in [6, 6.07) is 20.0. The van der Waals surface area contributed by atoms with Crippen LogP contribution in [0, 0.1) is 18.3 Å². The number of hydrogen-bond acceptors (Lipinski definition) is 4. The molecule has 26 heavy (non-hydrogen) atoms. The van der Waals surface area contributed by atoms with Crippen LogP contribution in [0.5, 0.6) is 0 Å². The smallest absolute Gasteiger partial charge is 0.230 e. The highest BCUT2D eigenvalue weighted by molar-refractivity contribution is 8.00. The fourth-order valence-electron chi connectivity index (χ4n) is 2.70. The number of hydrogen-bond donors (Lipinski definition) is 1. The van der Waals surface area contributed by atoms with Gasteiger partial charge in [-0.15, -0.1) is 0 Å². The Kier molecular flexibility index (Phi) is 5.88. The number of nitriles is 1. The van der Waals surface area contributed by atoms with Gasteiger partial charge in [-0.3, -0.25) is 4.79 Å². The van der Waals surface area contributed by atoms with Gasteiger partial charge >= 0.3 is 0 Å². The molecule has 0 fully saturated rings. The summed E-state index contributed by atoms with van der Waals surface area (Å²) in [6.45, 7) is 2.59. The molecular formula is C21H19N3OS. The quantitative estimate of drug-likeness (QED) is 0.677. The third kappa shape index (κ3) is 4.41. The van der Waals surface area contributed by atoms with E-state index in [1.54, 1.807) is 0 Å². The zero-order chi connectivity index (χ0) is 18.4. The van der Waals surface area contributed by atoms with Crippen LogP contribution in [0.1, 0.15) is 16.7 Å². The predicted molar refractivity (Wildman–Crippen MR) is 105 cm³/mol. The van der Waals surface area contributed by atoms with Crippen molar-refractivity contribution >= 4 is 28.6 Å². The monoisotopic (exact) mass is 361 g/mol. The Morgan fingerprint density at radius 1 is 1.19 bits per heavy atom. The number of aromatic nitrogens is 1. The summed E-state index contributed by atoms with van der Waals surface area (Å²) in [5, 5.41) is 13.8. The van der Waals surface area contributed by atoms with Crippen molar-refractivity contribution in [3.05, 3.63) is 71.3 Å². The SMILES string of the molecule is Cc1cccc2cc(C#N)c(SCC(=O)NCCc3ccccc3)nc12. The Morgan fingerprint density at radius 3 is 2.77 bits per heavy atom. The topological polar surface area (TPSA) is 65.8 Å². The number of pyridine rings is 1. The molecule has 0 aliphatic rings. The van der Waals surface area contributed by atoms with E-state index < -0.39 is 0 Å². The van der Waals surface area contributed by atoms with Crippen LogP contribution in [0.25, 0.3) is 10.9 Å². The normalized spacial score (nSPS) is 10.5. The number of benzene rings is 2. The molecule has 3 aromatic rings. The standard InChI is InChI=1S/C21H19N3OS/c1-15-6-5-9-17-12-18(13-22)21(24-20(15)17)26-14-19(25)23-11-10-16-7-3-2-4-8-16/h2-9,12H,10-11,14H2,1H3,(H,23,25). The highest BCUT2D eigenvalue weighted by atomic mass is 32.2. The molecule has 1 N–H and O–H groups in total. The van der Waals surface area contributed by atoms with Crippen molar-refractivity contribution < 1.29 is 4.79 Å². The molecule has 0 aliphatic carbocycles. The first kappa shape index (κ1) is 18.0. The molecular weight excluding hydrogens is 342 g/mol. The average molecular weight is 361 g/mol. The van der Waals surface area contributed by atoms with Crippen molar-refractivity contribution in [2.45, 2.75) is 18.4 Å². The fraction of sp³-hybridized carbons (Fsp3) is 0.190. The summed E-state index contributed by atoms with van der Waals surface area (Å²) < 4.78 is 0. The lowest BCUT2D eigenvalue weighted by Crippen LogP contribution is -2.27. The zero-order valence-corrected chi connectivity index (χ0v) is 15.3. The number of thioether (sulfide) groups is 1. The van der Waals surface area contributed by atoms with Crippen LogP contribution in [-0.2, 0) is 11.2 Å². The molecule has 0 unspecified atom stereocenters. The Balaban J connectivity index is 1.61. The van der Waals surface area contributed by atoms with Crippen molar-refractivity contribution in [3.8, 4) is 6.07 Å². The molecule has 3 rings (SSSR count). The molecule has 0 atom stereocenters. The molecule has 1 amide bonds. The average Bonchev–Trinajstić information content (AvgIpc) is 2.67. The summed E-state index contributed by atoms with van der Waals surface area (Å²) in [7, 11) is 0. The minimum atomic E-state index is -0.0542. The van der Waals surface area contributed by atoms with E-state index in [2.05, 4.69) is 16.4 Å². The Hall–Kier alpha value is -2.84. The van der Waals surface area contributed by atoms with Gasteiger partial charge < -0.3 is 5.32 Å². The number of nitrogens with zero attached hydrogens (tertiary/aromatic N) is 2. The maximum absolute atomic E-state index is 12.1. The van der Waals surface area contributed by atoms with Gasteiger partial charge in [0.25, 0.3) is 0 Å². The highest BCUT2D eigenvalue weighted by Crippen LogP contribution is 2.26. The summed E-state index contributed by atoms with van der Waals surface area (Å²) in [6.07, 6.45) is 0.800. The number of nitrogens with one attached hydrogen (secondary N) is 1. The maximum atomic E-state index is 12.1. The minimum absolute atomic E-state index is 0.0542. The van der Waals surface area contributed by atoms with E-state index >= 15 is 0 Å². The van der Waals surface area contributed by atoms with Crippen LogP contribution in [-0.4, -0.2) is 23.2 Å². The second-order valence-electron chi connectivity index (χ2n) is 5.97. The van der Waals surface area contributed by atoms with Crippen LogP contribution in [0.3, 0.4) is 0 Å². The number of aryl methyl sites for hydroxylation is 1. The number of rotatable bonds is 6. The number of carbonyl (C=O) groups is 1. The largest absolute Gasteiger partial charge is 0.355 e. The van der Waals surface area contributed by atoms with Crippen molar-refractivity contribution in [2.75, 3.05) is 12.3 Å². The van der Waals surface area contributed by atoms with E-state index in [-0.39, 0.29) is 11.7 Å². The molecule has 0 spiro atoms. The van der Waals surface area contributed by atoms with Crippen molar-refractivity contribution in [1.29, 1.82) is 5.26 Å². The van der Waals surface area contributed by atoms with E-state index in [1.807, 2.05) is 61.5 Å². The number of carbonyl (C=O) groups excluding carboxylic acids is 1. The van der Waals surface area contributed by atoms with E-state index in [0.29, 0.717) is 17.1 Å². The fourth-order valence-corrected chi connectivity index (χ4v) is 3.48. The molecule has 0 saturated carbocycles. The Labute approximate surface area is 157 Å². The maximum Gasteiger partial charge on any atom is 0.230 e. The van der Waals surface area contributed by atoms with E-state index in [0.717, 1.165) is 22.9 Å². The van der Waals surface area contributed by atoms with Gasteiger partial charge in [0.05, 0.1) is 16.8 Å². The molecule has 4 nitrogen and oxygen atoms in total. The first-order valence-corrected chi connectivity index (χ1v) is 9.40. The number of amides is 1. The highest BCUT2D eigenvalue weighted by Gasteiger charge is 2.11. The van der Waals surface area contributed by atoms with Gasteiger partial charge in [-0.25, -0.2) is 4.98 Å². The van der Waals surface area contributed by atoms with Crippen LogP contribution in [0.2, 0.25) is 0 Å². The van der Waals surface area contributed by atoms with Crippen molar-refractivity contribution in [1.82, 2.24) is 10.3 Å². The van der Waals surface area contributed by atoms with Gasteiger partial charge in [0, 0.05) is 11.9 Å². The van der Waals surface area contributed by atoms with Crippen LogP contribution in [0.4, 0.5) is 0 Å². The van der Waals surface area contributed by atoms with Crippen LogP contribution in [0.15, 0.2) is 59.6 Å². The second kappa shape index (κ2) is 8.50. The molecule has 0 bridgehead atoms. The van der Waals surface area contributed by atoms with Crippen molar-refractivity contribution in [3.63, 3.8) is 0 Å². The van der Waals surface area contributed by atoms with E-state index in [1.165, 1.54) is 17.3 Å². The van der Waals surface area contributed by atoms with Gasteiger partial charge in [-0.2, -0.15) is 5.26 Å². The molecule has 2 aromatic carbocycles. The first-order valence-electron chi connectivity index (χ1n) is 8.41. The summed E-state index contributed by atoms with van der Waals surface area (Å²) in [4.78, 5) is 16.7. The van der Waals surface area contributed by atoms with E-state index in [4.69, 9.17) is 0 Å². The van der Waals surface area contributed by atoms with E-state index in [9.17, 15) is 10.1 Å². The molecule has 130 valence electrons. The van der Waals surface area contributed by atoms with Crippen LogP contribution < -0.4 is 5.32 Å². The number of fused-ring (bicyclic) bond motifs is 1. The third-order valence-corrected chi connectivity index (χ3v) is 5.04. The van der Waals surface area contributed by atoms with Crippen molar-refractivity contribution in [2.24, 2.45) is 0 Å². The Bertz CT molecular complexity index is 964. The second-order valence-corrected chi connectivity index (χ2v) is 6.94. The third-order valence-electron chi connectivity index (χ3n) is 4.05. The molecule has 5 heteroatoms. The lowest BCUT2D eigenvalue weighted by Gasteiger charge is -2.08. The summed E-state index contributed by atoms with van der Waals surface area (Å²) in [5.74, 6) is 0.190. The lowest BCUT2D eigenvalue weighted by atomic mass is 10.1. The first-order chi connectivity index (χ1) is 12.7. The lowest BCUT2D eigenvalue weighted by molar-refractivity contribution is -0.118. The Morgan fingerprint density at radius 2 is 2.00 bits per heavy atom. The molecule has 0 aliphatic heterocycles. The number of para-hydroxylation sites is 1. The molecule has 1 aromatic heterocycles. The molecule has 0 radical (unpaired) electrons. The zero-order valence-electron chi connectivity index (χ0n) is 14.5. The van der Waals surface area contributed by atoms with Gasteiger partial charge in [-0.05, 0) is 30.5 Å². The molecule has 0 saturated heterocycles. The predicted octanol–water partition coefficient (Wildman–Crippen LogP) is 3.87. The molecule has 1 heterocycles.